The van der Waals surface area contributed by atoms with Crippen molar-refractivity contribution in [1.82, 2.24) is 0 Å². The highest BCUT2D eigenvalue weighted by molar-refractivity contribution is 6.74. The van der Waals surface area contributed by atoms with Crippen LogP contribution in [0.25, 0.3) is 0 Å². The Kier molecular flexibility index (Phi) is 8.67. The second-order valence-corrected chi connectivity index (χ2v) is 15.9. The zero-order valence-corrected chi connectivity index (χ0v) is 23.3. The summed E-state index contributed by atoms with van der Waals surface area (Å²) in [5, 5.41) is 34.0. The molecule has 8 nitrogen and oxygen atoms in total. The fourth-order valence-corrected chi connectivity index (χ4v) is 5.28. The first-order valence-electron chi connectivity index (χ1n) is 11.9. The maximum absolute atomic E-state index is 11.7. The Morgan fingerprint density at radius 1 is 1.11 bits per heavy atom. The Hall–Kier alpha value is -1.85. The van der Waals surface area contributed by atoms with E-state index in [9.17, 15) is 20.2 Å². The Balaban J connectivity index is 1.91. The molecule has 1 saturated heterocycles. The number of nitrogens with zero attached hydrogens (tertiary/aromatic N) is 1. The first kappa shape index (κ1) is 28.7. The van der Waals surface area contributed by atoms with E-state index in [4.69, 9.17) is 25.5 Å². The molecule has 0 saturated carbocycles. The quantitative estimate of drug-likeness (QED) is 0.338. The lowest BCUT2D eigenvalue weighted by atomic mass is 9.85. The molecule has 1 unspecified atom stereocenters. The summed E-state index contributed by atoms with van der Waals surface area (Å²) in [6.07, 6.45) is -3.80. The van der Waals surface area contributed by atoms with Gasteiger partial charge >= 0.3 is 0 Å². The monoisotopic (exact) mass is 537 g/mol. The minimum Gasteiger partial charge on any atom is -0.544 e. The van der Waals surface area contributed by atoms with Gasteiger partial charge in [0.25, 0.3) is 0 Å². The molecule has 10 heteroatoms. The Labute approximate surface area is 218 Å². The molecule has 2 aromatic carbocycles. The lowest BCUT2D eigenvalue weighted by Crippen LogP contribution is -2.63. The summed E-state index contributed by atoms with van der Waals surface area (Å²) >= 11 is 6.50. The molecule has 36 heavy (non-hydrogen) atoms. The van der Waals surface area contributed by atoms with Gasteiger partial charge in [-0.2, -0.15) is 4.91 Å². The molecule has 1 aliphatic rings. The summed E-state index contributed by atoms with van der Waals surface area (Å²) in [6.45, 7) is 10.4. The van der Waals surface area contributed by atoms with Gasteiger partial charge in [0.15, 0.2) is 6.04 Å². The van der Waals surface area contributed by atoms with Gasteiger partial charge in [0.05, 0.1) is 6.61 Å². The van der Waals surface area contributed by atoms with Gasteiger partial charge in [-0.05, 0) is 59.9 Å². The minimum atomic E-state index is -1.95. The molecule has 0 spiro atoms. The van der Waals surface area contributed by atoms with Crippen LogP contribution in [0.15, 0.2) is 47.6 Å². The van der Waals surface area contributed by atoms with Crippen molar-refractivity contribution >= 4 is 19.9 Å². The topological polar surface area (TPSA) is 118 Å². The fourth-order valence-electron chi connectivity index (χ4n) is 4.07. The smallest absolute Gasteiger partial charge is 0.250 e. The van der Waals surface area contributed by atoms with Gasteiger partial charge in [0.1, 0.15) is 24.1 Å². The fraction of sp³-hybridized carbons (Fsp3) is 0.538. The van der Waals surface area contributed by atoms with Crippen LogP contribution < -0.4 is 4.43 Å². The van der Waals surface area contributed by atoms with E-state index in [0.29, 0.717) is 17.0 Å². The zero-order chi connectivity index (χ0) is 26.9. The van der Waals surface area contributed by atoms with Gasteiger partial charge in [-0.3, -0.25) is 0 Å². The Morgan fingerprint density at radius 2 is 1.75 bits per heavy atom. The van der Waals surface area contributed by atoms with Crippen molar-refractivity contribution in [2.24, 2.45) is 5.18 Å². The number of aliphatic hydroxyl groups is 3. The molecule has 0 bridgehead atoms. The van der Waals surface area contributed by atoms with Crippen LogP contribution >= 0.6 is 11.6 Å². The van der Waals surface area contributed by atoms with Gasteiger partial charge in [0, 0.05) is 17.7 Å². The van der Waals surface area contributed by atoms with Crippen molar-refractivity contribution in [3.8, 4) is 5.75 Å². The number of nitroso groups, excluding NO2 is 1. The third kappa shape index (κ3) is 5.52. The number of methoxy groups -OCH3 is 1. The highest BCUT2D eigenvalue weighted by Crippen LogP contribution is 2.42. The largest absolute Gasteiger partial charge is 0.544 e. The predicted octanol–water partition coefficient (Wildman–Crippen LogP) is 4.36. The predicted molar refractivity (Wildman–Crippen MR) is 141 cm³/mol. The number of rotatable bonds is 8. The summed E-state index contributed by atoms with van der Waals surface area (Å²) in [4.78, 5) is 11.7. The summed E-state index contributed by atoms with van der Waals surface area (Å²) in [7, 11) is -0.643. The van der Waals surface area contributed by atoms with E-state index in [1.165, 1.54) is 7.11 Å². The number of hydrogen-bond donors (Lipinski definition) is 3. The van der Waals surface area contributed by atoms with Gasteiger partial charge in [0.2, 0.25) is 14.1 Å². The van der Waals surface area contributed by atoms with E-state index in [0.717, 1.165) is 16.9 Å². The lowest BCUT2D eigenvalue weighted by Gasteiger charge is -2.47. The van der Waals surface area contributed by atoms with E-state index < -0.39 is 45.1 Å². The van der Waals surface area contributed by atoms with Crippen molar-refractivity contribution < 1.29 is 29.2 Å². The van der Waals surface area contributed by atoms with Crippen molar-refractivity contribution in [2.45, 2.75) is 75.5 Å². The number of halogens is 1. The van der Waals surface area contributed by atoms with Crippen LogP contribution in [0, 0.1) is 4.91 Å². The van der Waals surface area contributed by atoms with E-state index in [1.54, 1.807) is 18.2 Å². The number of ether oxygens (including phenoxy) is 2. The van der Waals surface area contributed by atoms with Crippen LogP contribution in [0.5, 0.6) is 5.75 Å². The average Bonchev–Trinajstić information content (AvgIpc) is 2.82. The van der Waals surface area contributed by atoms with Crippen LogP contribution in [0.2, 0.25) is 23.2 Å². The first-order valence-corrected chi connectivity index (χ1v) is 15.2. The van der Waals surface area contributed by atoms with Gasteiger partial charge in [-0.25, -0.2) is 0 Å². The molecule has 3 rings (SSSR count). The van der Waals surface area contributed by atoms with Crippen LogP contribution in [0.1, 0.15) is 37.5 Å². The molecular formula is C26H36ClNO7Si. The van der Waals surface area contributed by atoms with E-state index >= 15 is 0 Å². The molecule has 1 aliphatic heterocycles. The summed E-state index contributed by atoms with van der Waals surface area (Å²) in [6, 6.07) is 11.4. The SMILES string of the molecule is COC1(c2ccc(Cl)c(Cc3ccc(O[Si](C)(C)C(C)(C)C)cc3)c2)O[C@H](CO)[C@@H](O)[C@H](O)[C@H]1N=O. The molecule has 0 amide bonds. The molecular weight excluding hydrogens is 502 g/mol. The van der Waals surface area contributed by atoms with Crippen molar-refractivity contribution in [2.75, 3.05) is 13.7 Å². The third-order valence-corrected chi connectivity index (χ3v) is 12.0. The highest BCUT2D eigenvalue weighted by atomic mass is 35.5. The third-order valence-electron chi connectivity index (χ3n) is 7.31. The van der Waals surface area contributed by atoms with Crippen LogP contribution in [-0.2, 0) is 21.7 Å². The molecule has 3 N–H and O–H groups in total. The Bertz CT molecular complexity index is 1060. The second kappa shape index (κ2) is 10.9. The molecule has 0 aromatic heterocycles. The van der Waals surface area contributed by atoms with Crippen molar-refractivity contribution in [1.29, 1.82) is 0 Å². The summed E-state index contributed by atoms with van der Waals surface area (Å²) < 4.78 is 17.8. The molecule has 1 fully saturated rings. The van der Waals surface area contributed by atoms with Crippen molar-refractivity contribution in [3.05, 3.63) is 69.1 Å². The number of hydrogen-bond acceptors (Lipinski definition) is 8. The molecule has 0 radical (unpaired) electrons. The van der Waals surface area contributed by atoms with Gasteiger partial charge < -0.3 is 29.2 Å². The highest BCUT2D eigenvalue weighted by Gasteiger charge is 2.57. The van der Waals surface area contributed by atoms with Crippen LogP contribution in [0.3, 0.4) is 0 Å². The number of aliphatic hydroxyl groups excluding tert-OH is 3. The van der Waals surface area contributed by atoms with E-state index in [-0.39, 0.29) is 5.04 Å². The Morgan fingerprint density at radius 3 is 2.28 bits per heavy atom. The van der Waals surface area contributed by atoms with Crippen LogP contribution in [-0.4, -0.2) is 61.7 Å². The summed E-state index contributed by atoms with van der Waals surface area (Å²) in [5.74, 6) is -0.991. The van der Waals surface area contributed by atoms with E-state index in [1.807, 2.05) is 24.3 Å². The first-order chi connectivity index (χ1) is 16.8. The maximum atomic E-state index is 11.7. The maximum Gasteiger partial charge on any atom is 0.250 e. The standard InChI is InChI=1S/C26H36ClNO7Si/c1-25(2,3)36(5,6)35-19-10-7-16(8-11-19)13-17-14-18(9-12-20(17)27)26(33-4)24(28-32)23(31)22(30)21(15-29)34-26/h7-12,14,21-24,29-31H,13,15H2,1-6H3/t21-,22-,23+,24-,26?/m1/s1. The normalized spacial score (nSPS) is 27.1. The number of benzene rings is 2. The lowest BCUT2D eigenvalue weighted by molar-refractivity contribution is -0.332. The average molecular weight is 538 g/mol. The van der Waals surface area contributed by atoms with Crippen molar-refractivity contribution in [3.63, 3.8) is 0 Å². The summed E-state index contributed by atoms with van der Waals surface area (Å²) in [5.41, 5.74) is 2.11. The molecule has 2 aromatic rings. The van der Waals surface area contributed by atoms with Gasteiger partial charge in [-0.15, -0.1) is 0 Å². The minimum absolute atomic E-state index is 0.0883. The van der Waals surface area contributed by atoms with Crippen LogP contribution in [0.4, 0.5) is 0 Å². The molecule has 0 aliphatic carbocycles. The van der Waals surface area contributed by atoms with E-state index in [2.05, 4.69) is 39.0 Å². The molecule has 5 atom stereocenters. The van der Waals surface area contributed by atoms with Gasteiger partial charge in [-0.1, -0.05) is 55.7 Å². The zero-order valence-electron chi connectivity index (χ0n) is 21.6. The second-order valence-electron chi connectivity index (χ2n) is 10.7. The molecule has 1 heterocycles. The molecule has 198 valence electrons.